The van der Waals surface area contributed by atoms with Crippen molar-refractivity contribution in [1.82, 2.24) is 19.6 Å². The zero-order valence-electron chi connectivity index (χ0n) is 23.7. The van der Waals surface area contributed by atoms with Gasteiger partial charge in [-0.25, -0.2) is 4.68 Å². The van der Waals surface area contributed by atoms with Crippen molar-refractivity contribution in [2.45, 2.75) is 12.2 Å². The molecule has 0 spiro atoms. The highest BCUT2D eigenvalue weighted by Crippen LogP contribution is 2.49. The predicted octanol–water partition coefficient (Wildman–Crippen LogP) is 5.12. The van der Waals surface area contributed by atoms with Gasteiger partial charge in [-0.3, -0.25) is 19.3 Å². The first-order valence-corrected chi connectivity index (χ1v) is 16.2. The minimum atomic E-state index is -0.193. The van der Waals surface area contributed by atoms with Crippen LogP contribution in [0.5, 0.6) is 5.75 Å². The van der Waals surface area contributed by atoms with Gasteiger partial charge in [0.15, 0.2) is 0 Å². The van der Waals surface area contributed by atoms with E-state index >= 15 is 0 Å². The van der Waals surface area contributed by atoms with Crippen molar-refractivity contribution < 1.29 is 19.1 Å². The predicted molar refractivity (Wildman–Crippen MR) is 170 cm³/mol. The van der Waals surface area contributed by atoms with E-state index in [-0.39, 0.29) is 35.3 Å². The lowest BCUT2D eigenvalue weighted by atomic mass is 10.0. The average Bonchev–Trinajstić information content (AvgIpc) is 3.67. The van der Waals surface area contributed by atoms with Gasteiger partial charge >= 0.3 is 0 Å². The Hall–Kier alpha value is -3.80. The molecule has 1 fully saturated rings. The summed E-state index contributed by atoms with van der Waals surface area (Å²) >= 11 is 9.39. The van der Waals surface area contributed by atoms with Gasteiger partial charge in [-0.2, -0.15) is 16.4 Å². The SMILES string of the molecule is COc1ccc(-n2nc(-c3ccc(Cl)cc3)c3c2N(CC(=O)N2CCN(C(C)=O)CC2)C(=O)CSC3c2ccsc2)cc1. The lowest BCUT2D eigenvalue weighted by Gasteiger charge is -2.35. The fourth-order valence-electron chi connectivity index (χ4n) is 5.44. The lowest BCUT2D eigenvalue weighted by Crippen LogP contribution is -2.53. The van der Waals surface area contributed by atoms with Gasteiger partial charge in [0.05, 0.1) is 29.5 Å². The summed E-state index contributed by atoms with van der Waals surface area (Å²) in [6, 6.07) is 17.0. The Labute approximate surface area is 263 Å². The summed E-state index contributed by atoms with van der Waals surface area (Å²) in [5.41, 5.74) is 4.24. The number of amides is 3. The molecule has 2 aromatic carbocycles. The highest BCUT2D eigenvalue weighted by molar-refractivity contribution is 8.00. The van der Waals surface area contributed by atoms with Crippen LogP contribution in [0.25, 0.3) is 16.9 Å². The summed E-state index contributed by atoms with van der Waals surface area (Å²) in [5.74, 6) is 1.11. The Morgan fingerprint density at radius 1 is 1.00 bits per heavy atom. The monoisotopic (exact) mass is 635 g/mol. The fraction of sp³-hybridized carbons (Fsp3) is 0.290. The number of hydrogen-bond acceptors (Lipinski definition) is 7. The second-order valence-corrected chi connectivity index (χ2v) is 12.6. The van der Waals surface area contributed by atoms with E-state index in [1.54, 1.807) is 37.8 Å². The number of hydrogen-bond donors (Lipinski definition) is 0. The number of aromatic nitrogens is 2. The van der Waals surface area contributed by atoms with Crippen LogP contribution in [0.1, 0.15) is 23.3 Å². The molecular weight excluding hydrogens is 606 g/mol. The summed E-state index contributed by atoms with van der Waals surface area (Å²) in [6.07, 6.45) is 0. The van der Waals surface area contributed by atoms with E-state index in [4.69, 9.17) is 21.4 Å². The summed E-state index contributed by atoms with van der Waals surface area (Å²) in [7, 11) is 1.61. The summed E-state index contributed by atoms with van der Waals surface area (Å²) in [5, 5.41) is 9.65. The van der Waals surface area contributed by atoms with E-state index in [9.17, 15) is 14.4 Å². The summed E-state index contributed by atoms with van der Waals surface area (Å²) in [6.45, 7) is 3.20. The molecule has 4 heterocycles. The van der Waals surface area contributed by atoms with Gasteiger partial charge in [-0.1, -0.05) is 23.7 Å². The highest BCUT2D eigenvalue weighted by atomic mass is 35.5. The zero-order valence-corrected chi connectivity index (χ0v) is 26.1. The molecule has 9 nitrogen and oxygen atoms in total. The van der Waals surface area contributed by atoms with Gasteiger partial charge in [-0.15, -0.1) is 11.8 Å². The zero-order chi connectivity index (χ0) is 30.1. The fourth-order valence-corrected chi connectivity index (χ4v) is 7.52. The maximum atomic E-state index is 13.9. The number of piperazine rings is 1. The lowest BCUT2D eigenvalue weighted by molar-refractivity contribution is -0.137. The van der Waals surface area contributed by atoms with Crippen molar-refractivity contribution in [2.24, 2.45) is 0 Å². The van der Waals surface area contributed by atoms with Crippen LogP contribution < -0.4 is 9.64 Å². The second-order valence-electron chi connectivity index (χ2n) is 10.3. The molecule has 12 heteroatoms. The number of benzene rings is 2. The first-order valence-electron chi connectivity index (χ1n) is 13.8. The van der Waals surface area contributed by atoms with E-state index in [1.807, 2.05) is 53.9 Å². The largest absolute Gasteiger partial charge is 0.497 e. The molecule has 4 aromatic rings. The molecule has 2 aliphatic heterocycles. The molecule has 0 aliphatic carbocycles. The molecule has 1 unspecified atom stereocenters. The van der Waals surface area contributed by atoms with Gasteiger partial charge in [0.1, 0.15) is 18.1 Å². The number of carbonyl (C=O) groups is 3. The normalized spacial score (nSPS) is 17.0. The van der Waals surface area contributed by atoms with E-state index in [0.717, 1.165) is 22.4 Å². The molecule has 6 rings (SSSR count). The number of thiophene rings is 1. The van der Waals surface area contributed by atoms with Crippen LogP contribution in [0, 0.1) is 0 Å². The Balaban J connectivity index is 1.50. The van der Waals surface area contributed by atoms with Crippen molar-refractivity contribution in [3.8, 4) is 22.7 Å². The third-order valence-electron chi connectivity index (χ3n) is 7.74. The maximum absolute atomic E-state index is 13.9. The minimum absolute atomic E-state index is 0.00550. The van der Waals surface area contributed by atoms with Gasteiger partial charge < -0.3 is 14.5 Å². The molecule has 1 atom stereocenters. The summed E-state index contributed by atoms with van der Waals surface area (Å²) in [4.78, 5) is 44.5. The van der Waals surface area contributed by atoms with Gasteiger partial charge in [0, 0.05) is 49.3 Å². The number of ether oxygens (including phenoxy) is 1. The molecule has 222 valence electrons. The highest BCUT2D eigenvalue weighted by Gasteiger charge is 2.38. The first kappa shape index (κ1) is 29.3. The smallest absolute Gasteiger partial charge is 0.242 e. The molecular formula is C31H30ClN5O4S2. The minimum Gasteiger partial charge on any atom is -0.497 e. The number of thioether (sulfide) groups is 1. The number of halogens is 1. The Kier molecular flexibility index (Phi) is 8.47. The quantitative estimate of drug-likeness (QED) is 0.292. The number of rotatable bonds is 6. The van der Waals surface area contributed by atoms with E-state index < -0.39 is 0 Å². The second kappa shape index (κ2) is 12.4. The molecule has 0 bridgehead atoms. The summed E-state index contributed by atoms with van der Waals surface area (Å²) < 4.78 is 7.15. The third kappa shape index (κ3) is 5.89. The molecule has 0 radical (unpaired) electrons. The average molecular weight is 636 g/mol. The van der Waals surface area contributed by atoms with Crippen LogP contribution in [0.3, 0.4) is 0 Å². The van der Waals surface area contributed by atoms with Gasteiger partial charge in [0.2, 0.25) is 17.7 Å². The van der Waals surface area contributed by atoms with Crippen molar-refractivity contribution >= 4 is 58.2 Å². The molecule has 0 N–H and O–H groups in total. The number of fused-ring (bicyclic) bond motifs is 1. The number of nitrogens with zero attached hydrogens (tertiary/aromatic N) is 5. The number of anilines is 1. The van der Waals surface area contributed by atoms with Crippen LogP contribution in [-0.2, 0) is 14.4 Å². The Morgan fingerprint density at radius 2 is 1.70 bits per heavy atom. The van der Waals surface area contributed by atoms with Gasteiger partial charge in [0.25, 0.3) is 0 Å². The standard InChI is InChI=1S/C31H30ClN5O4S2/c1-20(38)34-12-14-35(15-13-34)26(39)17-36-27(40)19-43-30(22-11-16-42-18-22)28-29(21-3-5-23(32)6-4-21)33-37(31(28)36)24-7-9-25(41-2)10-8-24/h3-11,16,18,30H,12-15,17,19H2,1-2H3. The molecule has 1 saturated heterocycles. The van der Waals surface area contributed by atoms with Crippen LogP contribution in [0.2, 0.25) is 5.02 Å². The van der Waals surface area contributed by atoms with Crippen molar-refractivity contribution in [3.63, 3.8) is 0 Å². The first-order chi connectivity index (χ1) is 20.8. The third-order valence-corrected chi connectivity index (χ3v) is 9.95. The molecule has 2 aromatic heterocycles. The molecule has 2 aliphatic rings. The van der Waals surface area contributed by atoms with Crippen LogP contribution in [-0.4, -0.2) is 82.9 Å². The van der Waals surface area contributed by atoms with E-state index in [0.29, 0.717) is 48.5 Å². The number of methoxy groups -OCH3 is 1. The van der Waals surface area contributed by atoms with Crippen molar-refractivity contribution in [2.75, 3.05) is 50.5 Å². The van der Waals surface area contributed by atoms with Crippen LogP contribution in [0.4, 0.5) is 5.82 Å². The van der Waals surface area contributed by atoms with E-state index in [2.05, 4.69) is 11.4 Å². The van der Waals surface area contributed by atoms with Gasteiger partial charge in [-0.05, 0) is 58.8 Å². The Morgan fingerprint density at radius 3 is 2.33 bits per heavy atom. The Bertz CT molecular complexity index is 1630. The molecule has 0 saturated carbocycles. The van der Waals surface area contributed by atoms with Crippen LogP contribution >= 0.6 is 34.7 Å². The maximum Gasteiger partial charge on any atom is 0.242 e. The molecule has 3 amide bonds. The van der Waals surface area contributed by atoms with Crippen molar-refractivity contribution in [3.05, 3.63) is 81.5 Å². The number of carbonyl (C=O) groups excluding carboxylic acids is 3. The van der Waals surface area contributed by atoms with Crippen molar-refractivity contribution in [1.29, 1.82) is 0 Å². The van der Waals surface area contributed by atoms with E-state index in [1.165, 1.54) is 18.7 Å². The topological polar surface area (TPSA) is 88.0 Å². The van der Waals surface area contributed by atoms with Crippen LogP contribution in [0.15, 0.2) is 65.4 Å². The molecule has 43 heavy (non-hydrogen) atoms.